The number of carbonyl (C=O) groups is 1. The maximum Gasteiger partial charge on any atom is 0.259 e. The Morgan fingerprint density at radius 2 is 2.22 bits per heavy atom. The molecule has 1 amide bonds. The van der Waals surface area contributed by atoms with Gasteiger partial charge in [0.1, 0.15) is 0 Å². The van der Waals surface area contributed by atoms with E-state index in [2.05, 4.69) is 34.1 Å². The van der Waals surface area contributed by atoms with Crippen LogP contribution in [0.25, 0.3) is 6.08 Å². The van der Waals surface area contributed by atoms with Crippen molar-refractivity contribution in [3.8, 4) is 0 Å². The van der Waals surface area contributed by atoms with Gasteiger partial charge in [0.15, 0.2) is 0 Å². The predicted molar refractivity (Wildman–Crippen MR) is 109 cm³/mol. The van der Waals surface area contributed by atoms with Crippen LogP contribution < -0.4 is 5.48 Å². The lowest BCUT2D eigenvalue weighted by Gasteiger charge is -2.24. The zero-order chi connectivity index (χ0) is 17.3. The highest BCUT2D eigenvalue weighted by atomic mass is 79.9. The van der Waals surface area contributed by atoms with Crippen molar-refractivity contribution in [3.63, 3.8) is 0 Å². The van der Waals surface area contributed by atoms with E-state index in [0.29, 0.717) is 0 Å². The molecule has 0 spiro atoms. The van der Waals surface area contributed by atoms with Gasteiger partial charge < -0.3 is 0 Å². The molecule has 0 saturated carbocycles. The van der Waals surface area contributed by atoms with E-state index in [0.717, 1.165) is 23.1 Å². The van der Waals surface area contributed by atoms with E-state index >= 15 is 0 Å². The van der Waals surface area contributed by atoms with Crippen molar-refractivity contribution < 1.29 is 10.0 Å². The van der Waals surface area contributed by atoms with E-state index in [1.54, 1.807) is 28.6 Å². The molecular weight excluding hydrogens is 414 g/mol. The summed E-state index contributed by atoms with van der Waals surface area (Å²) < 4.78 is 0.521. The number of allylic oxidation sites excluding steroid dienone is 2. The summed E-state index contributed by atoms with van der Waals surface area (Å²) in [5.74, 6) is -0.328. The fourth-order valence-corrected chi connectivity index (χ4v) is 3.85. The molecule has 0 aliphatic heterocycles. The summed E-state index contributed by atoms with van der Waals surface area (Å²) in [6.45, 7) is 1.86. The molecule has 0 bridgehead atoms. The quantitative estimate of drug-likeness (QED) is 0.313. The Labute approximate surface area is 159 Å². The Morgan fingerprint density at radius 3 is 2.83 bits per heavy atom. The first-order valence-electron chi connectivity index (χ1n) is 7.11. The lowest BCUT2D eigenvalue weighted by molar-refractivity contribution is -0.131. The zero-order valence-corrected chi connectivity index (χ0v) is 17.5. The smallest absolute Gasteiger partial charge is 0.259 e. The second-order valence-electron chi connectivity index (χ2n) is 5.07. The minimum Gasteiger partial charge on any atom is -0.289 e. The van der Waals surface area contributed by atoms with Gasteiger partial charge in [0.05, 0.1) is 4.75 Å². The summed E-state index contributed by atoms with van der Waals surface area (Å²) in [4.78, 5) is 14.2. The topological polar surface area (TPSA) is 49.3 Å². The summed E-state index contributed by atoms with van der Waals surface area (Å²) in [6.07, 6.45) is 12.7. The number of halogens is 1. The van der Waals surface area contributed by atoms with Gasteiger partial charge in [-0.1, -0.05) is 6.08 Å². The molecule has 128 valence electrons. The Balaban J connectivity index is 2.52. The molecule has 7 heteroatoms. The molecule has 1 atom stereocenters. The van der Waals surface area contributed by atoms with Crippen LogP contribution in [0.3, 0.4) is 0 Å². The number of hydrogen-bond acceptors (Lipinski definition) is 5. The number of nitrogens with one attached hydrogen (secondary N) is 1. The largest absolute Gasteiger partial charge is 0.289 e. The maximum absolute atomic E-state index is 11.7. The molecule has 1 unspecified atom stereocenters. The lowest BCUT2D eigenvalue weighted by atomic mass is 10.0. The molecule has 0 radical (unpaired) electrons. The van der Waals surface area contributed by atoms with Gasteiger partial charge >= 0.3 is 0 Å². The summed E-state index contributed by atoms with van der Waals surface area (Å²) in [5.41, 5.74) is 1.77. The molecule has 2 N–H and O–H groups in total. The van der Waals surface area contributed by atoms with Crippen LogP contribution in [-0.4, -0.2) is 28.4 Å². The first kappa shape index (κ1) is 20.8. The average Bonchev–Trinajstić information content (AvgIpc) is 3.01. The molecule has 3 nitrogen and oxygen atoms in total. The summed E-state index contributed by atoms with van der Waals surface area (Å²) in [7, 11) is 0. The number of amides is 1. The number of hydroxylamine groups is 1. The summed E-state index contributed by atoms with van der Waals surface area (Å²) in [6, 6.07) is 4.26. The van der Waals surface area contributed by atoms with Gasteiger partial charge in [0.25, 0.3) is 5.91 Å². The molecule has 0 aromatic carbocycles. The van der Waals surface area contributed by atoms with E-state index < -0.39 is 4.75 Å². The Hall–Kier alpha value is -0.210. The van der Waals surface area contributed by atoms with Crippen molar-refractivity contribution in [3.05, 3.63) is 37.9 Å². The first-order chi connectivity index (χ1) is 10.9. The summed E-state index contributed by atoms with van der Waals surface area (Å²) >= 11 is 8.36. The van der Waals surface area contributed by atoms with Crippen LogP contribution in [0.2, 0.25) is 0 Å². The van der Waals surface area contributed by atoms with Gasteiger partial charge in [0, 0.05) is 13.6 Å². The monoisotopic (exact) mass is 435 g/mol. The Kier molecular flexibility index (Phi) is 9.61. The normalized spacial score (nSPS) is 14.9. The van der Waals surface area contributed by atoms with Crippen LogP contribution in [0.4, 0.5) is 0 Å². The molecule has 1 aromatic heterocycles. The van der Waals surface area contributed by atoms with E-state index in [-0.39, 0.29) is 5.91 Å². The molecule has 23 heavy (non-hydrogen) atoms. The van der Waals surface area contributed by atoms with Crippen LogP contribution in [0.15, 0.2) is 28.1 Å². The van der Waals surface area contributed by atoms with Crippen molar-refractivity contribution >= 4 is 62.8 Å². The standard InChI is InChI=1S/C16H22BrNO2S3/c1-16(22-3,15(19)18-20)11-5-7-13-10-9-12(23-13)6-4-8-14(17)21-2/h4,6,8-10,20H,5,7,11H2,1-3H3,(H,18,19)/b6-4+,14-8-. The molecule has 0 aliphatic carbocycles. The highest BCUT2D eigenvalue weighted by Gasteiger charge is 2.31. The predicted octanol–water partition coefficient (Wildman–Crippen LogP) is 5.31. The molecule has 0 aliphatic rings. The Morgan fingerprint density at radius 1 is 1.48 bits per heavy atom. The van der Waals surface area contributed by atoms with Crippen LogP contribution >= 0.6 is 50.8 Å². The number of aryl methyl sites for hydroxylation is 1. The van der Waals surface area contributed by atoms with Crippen molar-refractivity contribution in [2.24, 2.45) is 0 Å². The van der Waals surface area contributed by atoms with Gasteiger partial charge in [0.2, 0.25) is 0 Å². The van der Waals surface area contributed by atoms with E-state index in [1.807, 2.05) is 31.6 Å². The maximum atomic E-state index is 11.7. The van der Waals surface area contributed by atoms with Crippen molar-refractivity contribution in [1.82, 2.24) is 5.48 Å². The van der Waals surface area contributed by atoms with Crippen molar-refractivity contribution in [2.75, 3.05) is 12.5 Å². The average molecular weight is 436 g/mol. The van der Waals surface area contributed by atoms with Gasteiger partial charge in [-0.05, 0) is 78.9 Å². The van der Waals surface area contributed by atoms with Gasteiger partial charge in [-0.15, -0.1) is 34.9 Å². The zero-order valence-electron chi connectivity index (χ0n) is 13.5. The fourth-order valence-electron chi connectivity index (χ4n) is 1.93. The first-order valence-corrected chi connectivity index (χ1v) is 11.2. The number of thioether (sulfide) groups is 2. The van der Waals surface area contributed by atoms with E-state index in [4.69, 9.17) is 5.21 Å². The molecule has 1 rings (SSSR count). The molecule has 1 heterocycles. The van der Waals surface area contributed by atoms with Gasteiger partial charge in [-0.2, -0.15) is 0 Å². The van der Waals surface area contributed by atoms with Crippen molar-refractivity contribution in [2.45, 2.75) is 30.9 Å². The third kappa shape index (κ3) is 7.05. The van der Waals surface area contributed by atoms with Crippen LogP contribution in [0, 0.1) is 0 Å². The van der Waals surface area contributed by atoms with Crippen LogP contribution in [0.5, 0.6) is 0 Å². The number of carbonyl (C=O) groups excluding carboxylic acids is 1. The second-order valence-corrected chi connectivity index (χ2v) is 9.80. The number of hydrogen-bond donors (Lipinski definition) is 2. The highest BCUT2D eigenvalue weighted by molar-refractivity contribution is 9.14. The van der Waals surface area contributed by atoms with E-state index in [9.17, 15) is 4.79 Å². The van der Waals surface area contributed by atoms with Crippen molar-refractivity contribution in [1.29, 1.82) is 0 Å². The molecule has 0 fully saturated rings. The Bertz CT molecular complexity index is 571. The second kappa shape index (κ2) is 10.6. The third-order valence-electron chi connectivity index (χ3n) is 3.47. The minimum absolute atomic E-state index is 0.328. The number of thiophene rings is 1. The molecular formula is C16H22BrNO2S3. The van der Waals surface area contributed by atoms with Crippen LogP contribution in [-0.2, 0) is 11.2 Å². The molecule has 0 saturated heterocycles. The minimum atomic E-state index is -0.580. The summed E-state index contributed by atoms with van der Waals surface area (Å²) in [5, 5.41) is 8.83. The third-order valence-corrected chi connectivity index (χ3v) is 7.64. The lowest BCUT2D eigenvalue weighted by Crippen LogP contribution is -2.40. The molecule has 1 aromatic rings. The highest BCUT2D eigenvalue weighted by Crippen LogP contribution is 2.29. The van der Waals surface area contributed by atoms with E-state index in [1.165, 1.54) is 21.5 Å². The van der Waals surface area contributed by atoms with Gasteiger partial charge in [-0.3, -0.25) is 10.0 Å². The fraction of sp³-hybridized carbons (Fsp3) is 0.438. The van der Waals surface area contributed by atoms with Gasteiger partial charge in [-0.25, -0.2) is 5.48 Å². The number of rotatable bonds is 9. The van der Waals surface area contributed by atoms with Crippen LogP contribution in [0.1, 0.15) is 29.5 Å². The SMILES string of the molecule is CS/C(Br)=C\C=C\c1ccc(CCCC(C)(SC)C(=O)NO)s1.